The monoisotopic (exact) mass is 534 g/mol. The van der Waals surface area contributed by atoms with Gasteiger partial charge in [-0.15, -0.1) is 11.8 Å². The average Bonchev–Trinajstić information content (AvgIpc) is 3.42. The molecule has 0 unspecified atom stereocenters. The molecule has 6 heteroatoms. The molecule has 1 aliphatic carbocycles. The maximum absolute atomic E-state index is 13.8. The Labute approximate surface area is 229 Å². The van der Waals surface area contributed by atoms with Gasteiger partial charge in [-0.2, -0.15) is 0 Å². The van der Waals surface area contributed by atoms with Crippen molar-refractivity contribution in [3.63, 3.8) is 0 Å². The number of thioether (sulfide) groups is 1. The van der Waals surface area contributed by atoms with E-state index in [2.05, 4.69) is 24.4 Å². The van der Waals surface area contributed by atoms with Gasteiger partial charge in [-0.1, -0.05) is 91.2 Å². The van der Waals surface area contributed by atoms with Gasteiger partial charge in [0.15, 0.2) is 0 Å². The summed E-state index contributed by atoms with van der Waals surface area (Å²) in [6, 6.07) is 25.3. The van der Waals surface area contributed by atoms with Crippen molar-refractivity contribution in [1.29, 1.82) is 0 Å². The van der Waals surface area contributed by atoms with Gasteiger partial charge in [0.05, 0.1) is 5.75 Å². The molecule has 1 fully saturated rings. The summed E-state index contributed by atoms with van der Waals surface area (Å²) < 4.78 is 0. The minimum atomic E-state index is -0.592. The Hall–Kier alpha value is -2.76. The van der Waals surface area contributed by atoms with Crippen LogP contribution in [0, 0.1) is 6.92 Å². The minimum Gasteiger partial charge on any atom is -0.352 e. The topological polar surface area (TPSA) is 49.4 Å². The van der Waals surface area contributed by atoms with Crippen LogP contribution in [0.3, 0.4) is 0 Å². The lowest BCUT2D eigenvalue weighted by molar-refractivity contribution is -0.139. The Morgan fingerprint density at radius 2 is 1.62 bits per heavy atom. The molecule has 4 nitrogen and oxygen atoms in total. The number of rotatable bonds is 11. The third-order valence-electron chi connectivity index (χ3n) is 6.98. The molecule has 1 saturated carbocycles. The SMILES string of the molecule is Cc1ccccc1CSCC(=O)N(Cc1ccc(Cl)cc1)[C@H](Cc1ccccc1)C(=O)NC1CCCC1. The largest absolute Gasteiger partial charge is 0.352 e. The predicted molar refractivity (Wildman–Crippen MR) is 154 cm³/mol. The van der Waals surface area contributed by atoms with Crippen molar-refractivity contribution >= 4 is 35.2 Å². The molecule has 2 amide bonds. The van der Waals surface area contributed by atoms with Crippen molar-refractivity contribution < 1.29 is 9.59 Å². The molecule has 1 N–H and O–H groups in total. The van der Waals surface area contributed by atoms with Gasteiger partial charge in [0.2, 0.25) is 11.8 Å². The van der Waals surface area contributed by atoms with Crippen molar-refractivity contribution in [2.75, 3.05) is 5.75 Å². The van der Waals surface area contributed by atoms with Gasteiger partial charge in [0.1, 0.15) is 6.04 Å². The summed E-state index contributed by atoms with van der Waals surface area (Å²) in [6.07, 6.45) is 4.75. The molecule has 0 aromatic heterocycles. The number of carbonyl (C=O) groups is 2. The highest BCUT2D eigenvalue weighted by Gasteiger charge is 2.32. The molecule has 0 bridgehead atoms. The molecule has 3 aromatic rings. The number of hydrogen-bond donors (Lipinski definition) is 1. The third kappa shape index (κ3) is 8.11. The second kappa shape index (κ2) is 13.7. The van der Waals surface area contributed by atoms with Crippen LogP contribution in [0.2, 0.25) is 5.02 Å². The number of halogens is 1. The van der Waals surface area contributed by atoms with Crippen LogP contribution < -0.4 is 5.32 Å². The van der Waals surface area contributed by atoms with Crippen LogP contribution in [0.4, 0.5) is 0 Å². The molecule has 0 radical (unpaired) electrons. The molecule has 1 atom stereocenters. The van der Waals surface area contributed by atoms with Gasteiger partial charge < -0.3 is 10.2 Å². The summed E-state index contributed by atoms with van der Waals surface area (Å²) in [7, 11) is 0. The predicted octanol–water partition coefficient (Wildman–Crippen LogP) is 6.58. The number of aryl methyl sites for hydroxylation is 1. The van der Waals surface area contributed by atoms with Crippen LogP contribution in [-0.2, 0) is 28.3 Å². The van der Waals surface area contributed by atoms with E-state index in [1.165, 1.54) is 11.1 Å². The van der Waals surface area contributed by atoms with Gasteiger partial charge in [0, 0.05) is 29.8 Å². The fourth-order valence-corrected chi connectivity index (χ4v) is 5.92. The lowest BCUT2D eigenvalue weighted by Gasteiger charge is -2.32. The Balaban J connectivity index is 1.56. The number of carbonyl (C=O) groups excluding carboxylic acids is 2. The second-order valence-corrected chi connectivity index (χ2v) is 11.2. The van der Waals surface area contributed by atoms with Gasteiger partial charge in [-0.25, -0.2) is 0 Å². The second-order valence-electron chi connectivity index (χ2n) is 9.76. The number of nitrogens with one attached hydrogen (secondary N) is 1. The number of amides is 2. The van der Waals surface area contributed by atoms with E-state index in [-0.39, 0.29) is 17.9 Å². The Morgan fingerprint density at radius 1 is 0.946 bits per heavy atom. The molecule has 194 valence electrons. The first-order valence-electron chi connectivity index (χ1n) is 13.0. The summed E-state index contributed by atoms with van der Waals surface area (Å²) in [5, 5.41) is 3.91. The Kier molecular flexibility index (Phi) is 10.1. The van der Waals surface area contributed by atoms with E-state index in [0.29, 0.717) is 23.7 Å². The maximum atomic E-state index is 13.8. The van der Waals surface area contributed by atoms with E-state index in [1.54, 1.807) is 16.7 Å². The molecule has 0 spiro atoms. The summed E-state index contributed by atoms with van der Waals surface area (Å²) >= 11 is 7.71. The first-order chi connectivity index (χ1) is 18.0. The van der Waals surface area contributed by atoms with Crippen molar-refractivity contribution in [3.05, 3.63) is 106 Å². The van der Waals surface area contributed by atoms with E-state index in [4.69, 9.17) is 11.6 Å². The van der Waals surface area contributed by atoms with Gasteiger partial charge >= 0.3 is 0 Å². The van der Waals surface area contributed by atoms with E-state index >= 15 is 0 Å². The van der Waals surface area contributed by atoms with Gasteiger partial charge in [-0.05, 0) is 54.2 Å². The van der Waals surface area contributed by atoms with Crippen LogP contribution in [0.5, 0.6) is 0 Å². The smallest absolute Gasteiger partial charge is 0.243 e. The summed E-state index contributed by atoms with van der Waals surface area (Å²) in [6.45, 7) is 2.45. The van der Waals surface area contributed by atoms with Crippen LogP contribution in [0.15, 0.2) is 78.9 Å². The van der Waals surface area contributed by atoms with E-state index in [0.717, 1.165) is 42.6 Å². The lowest BCUT2D eigenvalue weighted by Crippen LogP contribution is -2.52. The van der Waals surface area contributed by atoms with Crippen LogP contribution in [-0.4, -0.2) is 34.6 Å². The first-order valence-corrected chi connectivity index (χ1v) is 14.5. The zero-order chi connectivity index (χ0) is 26.0. The van der Waals surface area contributed by atoms with Crippen molar-refractivity contribution in [2.24, 2.45) is 0 Å². The van der Waals surface area contributed by atoms with E-state index < -0.39 is 6.04 Å². The lowest BCUT2D eigenvalue weighted by atomic mass is 10.0. The Morgan fingerprint density at radius 3 is 2.32 bits per heavy atom. The standard InChI is InChI=1S/C31H35ClN2O2S/c1-23-9-5-6-12-26(23)21-37-22-30(35)34(20-25-15-17-27(32)18-16-25)29(19-24-10-3-2-4-11-24)31(36)33-28-13-7-8-14-28/h2-6,9-12,15-18,28-29H,7-8,13-14,19-22H2,1H3,(H,33,36)/t29-/m1/s1. The quantitative estimate of drug-likeness (QED) is 0.302. The molecule has 4 rings (SSSR count). The molecule has 0 aliphatic heterocycles. The zero-order valence-electron chi connectivity index (χ0n) is 21.4. The number of hydrogen-bond acceptors (Lipinski definition) is 3. The highest BCUT2D eigenvalue weighted by atomic mass is 35.5. The van der Waals surface area contributed by atoms with Crippen molar-refractivity contribution in [1.82, 2.24) is 10.2 Å². The molecular formula is C31H35ClN2O2S. The van der Waals surface area contributed by atoms with E-state index in [9.17, 15) is 9.59 Å². The normalized spacial score (nSPS) is 14.3. The summed E-state index contributed by atoms with van der Waals surface area (Å²) in [5.41, 5.74) is 4.44. The molecular weight excluding hydrogens is 500 g/mol. The number of nitrogens with zero attached hydrogens (tertiary/aromatic N) is 1. The summed E-state index contributed by atoms with van der Waals surface area (Å²) in [5.74, 6) is 0.965. The number of benzene rings is 3. The summed E-state index contributed by atoms with van der Waals surface area (Å²) in [4.78, 5) is 29.2. The van der Waals surface area contributed by atoms with Crippen molar-refractivity contribution in [3.8, 4) is 0 Å². The highest BCUT2D eigenvalue weighted by Crippen LogP contribution is 2.22. The Bertz CT molecular complexity index is 1160. The zero-order valence-corrected chi connectivity index (χ0v) is 22.9. The minimum absolute atomic E-state index is 0.0314. The van der Waals surface area contributed by atoms with Gasteiger partial charge in [0.25, 0.3) is 0 Å². The van der Waals surface area contributed by atoms with Gasteiger partial charge in [-0.3, -0.25) is 9.59 Å². The van der Waals surface area contributed by atoms with Crippen molar-refractivity contribution in [2.45, 2.75) is 63.4 Å². The van der Waals surface area contributed by atoms with Crippen LogP contribution in [0.25, 0.3) is 0 Å². The molecule has 0 saturated heterocycles. The molecule has 1 aliphatic rings. The average molecular weight is 535 g/mol. The molecule has 0 heterocycles. The highest BCUT2D eigenvalue weighted by molar-refractivity contribution is 7.99. The third-order valence-corrected chi connectivity index (χ3v) is 8.20. The first kappa shape index (κ1) is 27.3. The van der Waals surface area contributed by atoms with Crippen LogP contribution >= 0.6 is 23.4 Å². The molecule has 37 heavy (non-hydrogen) atoms. The fraction of sp³-hybridized carbons (Fsp3) is 0.355. The fourth-order valence-electron chi connectivity index (χ4n) is 4.81. The van der Waals surface area contributed by atoms with Crippen LogP contribution in [0.1, 0.15) is 47.9 Å². The maximum Gasteiger partial charge on any atom is 0.243 e. The molecule has 3 aromatic carbocycles. The van der Waals surface area contributed by atoms with E-state index in [1.807, 2.05) is 66.7 Å².